The van der Waals surface area contributed by atoms with E-state index in [-0.39, 0.29) is 23.6 Å². The topological polar surface area (TPSA) is 97.0 Å². The van der Waals surface area contributed by atoms with Gasteiger partial charge in [0, 0.05) is 42.7 Å². The molecule has 176 valence electrons. The van der Waals surface area contributed by atoms with Crippen LogP contribution in [-0.4, -0.2) is 63.0 Å². The van der Waals surface area contributed by atoms with Crippen molar-refractivity contribution >= 4 is 29.3 Å². The largest absolute Gasteiger partial charge is 0.497 e. The number of amides is 3. The van der Waals surface area contributed by atoms with Gasteiger partial charge in [0.05, 0.1) is 19.8 Å². The average Bonchev–Trinajstić information content (AvgIpc) is 2.86. The van der Waals surface area contributed by atoms with Gasteiger partial charge in [0.1, 0.15) is 11.5 Å². The molecule has 9 heteroatoms. The van der Waals surface area contributed by atoms with Crippen LogP contribution in [0.2, 0.25) is 5.02 Å². The van der Waals surface area contributed by atoms with Crippen molar-refractivity contribution in [2.75, 3.05) is 40.4 Å². The van der Waals surface area contributed by atoms with Gasteiger partial charge in [-0.1, -0.05) is 11.6 Å². The molecule has 0 radical (unpaired) electrons. The van der Waals surface area contributed by atoms with E-state index in [1.54, 1.807) is 54.5 Å². The third kappa shape index (κ3) is 6.38. The van der Waals surface area contributed by atoms with Gasteiger partial charge in [0.2, 0.25) is 5.91 Å². The lowest BCUT2D eigenvalue weighted by molar-refractivity contribution is -0.126. The number of hydrogen-bond acceptors (Lipinski definition) is 5. The second-order valence-electron chi connectivity index (χ2n) is 7.69. The molecule has 8 nitrogen and oxygen atoms in total. The summed E-state index contributed by atoms with van der Waals surface area (Å²) in [4.78, 5) is 39.2. The molecule has 3 rings (SSSR count). The highest BCUT2D eigenvalue weighted by molar-refractivity contribution is 6.31. The minimum atomic E-state index is -0.213. The van der Waals surface area contributed by atoms with Crippen LogP contribution in [0, 0.1) is 5.92 Å². The maximum atomic E-state index is 12.9. The second-order valence-corrected chi connectivity index (χ2v) is 8.12. The molecule has 1 heterocycles. The molecule has 33 heavy (non-hydrogen) atoms. The SMILES string of the molecule is COc1ccc(C(=O)NCCNC(=O)C2CCN(C(=O)c3cc(Cl)ccc3OC)CC2)cc1. The average molecular weight is 474 g/mol. The first-order valence-electron chi connectivity index (χ1n) is 10.8. The molecule has 0 aromatic heterocycles. The number of likely N-dealkylation sites (tertiary alicyclic amines) is 1. The molecular formula is C24H28ClN3O5. The Kier molecular flexibility index (Phi) is 8.54. The number of methoxy groups -OCH3 is 2. The molecule has 1 fully saturated rings. The maximum absolute atomic E-state index is 12.9. The molecule has 0 saturated carbocycles. The van der Waals surface area contributed by atoms with Gasteiger partial charge in [-0.3, -0.25) is 14.4 Å². The highest BCUT2D eigenvalue weighted by Crippen LogP contribution is 2.26. The monoisotopic (exact) mass is 473 g/mol. The van der Waals surface area contributed by atoms with Crippen molar-refractivity contribution in [3.8, 4) is 11.5 Å². The molecule has 2 aromatic rings. The van der Waals surface area contributed by atoms with Crippen molar-refractivity contribution in [3.63, 3.8) is 0 Å². The molecule has 1 aliphatic rings. The highest BCUT2D eigenvalue weighted by Gasteiger charge is 2.29. The number of rotatable bonds is 8. The van der Waals surface area contributed by atoms with Crippen LogP contribution in [0.15, 0.2) is 42.5 Å². The summed E-state index contributed by atoms with van der Waals surface area (Å²) in [6.45, 7) is 1.60. The second kappa shape index (κ2) is 11.6. The summed E-state index contributed by atoms with van der Waals surface area (Å²) in [5.74, 6) is 0.539. The molecule has 0 spiro atoms. The van der Waals surface area contributed by atoms with Crippen LogP contribution in [-0.2, 0) is 4.79 Å². The number of piperidine rings is 1. The van der Waals surface area contributed by atoms with Crippen molar-refractivity contribution in [3.05, 3.63) is 58.6 Å². The first-order valence-corrected chi connectivity index (χ1v) is 11.1. The maximum Gasteiger partial charge on any atom is 0.257 e. The number of halogens is 1. The molecule has 0 aliphatic carbocycles. The molecule has 2 N–H and O–H groups in total. The van der Waals surface area contributed by atoms with E-state index in [9.17, 15) is 14.4 Å². The van der Waals surface area contributed by atoms with Crippen LogP contribution in [0.5, 0.6) is 11.5 Å². The minimum absolute atomic E-state index is 0.0684. The number of carbonyl (C=O) groups excluding carboxylic acids is 3. The third-order valence-corrected chi connectivity index (χ3v) is 5.84. The molecule has 1 saturated heterocycles. The van der Waals surface area contributed by atoms with Gasteiger partial charge in [-0.05, 0) is 55.3 Å². The van der Waals surface area contributed by atoms with Gasteiger partial charge in [0.15, 0.2) is 0 Å². The van der Waals surface area contributed by atoms with Gasteiger partial charge in [-0.25, -0.2) is 0 Å². The fraction of sp³-hybridized carbons (Fsp3) is 0.375. The summed E-state index contributed by atoms with van der Waals surface area (Å²) < 4.78 is 10.4. The van der Waals surface area contributed by atoms with Crippen LogP contribution < -0.4 is 20.1 Å². The van der Waals surface area contributed by atoms with Crippen LogP contribution in [0.3, 0.4) is 0 Å². The Labute approximate surface area is 198 Å². The third-order valence-electron chi connectivity index (χ3n) is 5.61. The van der Waals surface area contributed by atoms with Gasteiger partial charge < -0.3 is 25.0 Å². The van der Waals surface area contributed by atoms with E-state index in [0.29, 0.717) is 66.7 Å². The summed E-state index contributed by atoms with van der Waals surface area (Å²) in [6, 6.07) is 11.7. The van der Waals surface area contributed by atoms with Crippen molar-refractivity contribution in [2.45, 2.75) is 12.8 Å². The Hall–Kier alpha value is -3.26. The van der Waals surface area contributed by atoms with E-state index in [1.165, 1.54) is 7.11 Å². The smallest absolute Gasteiger partial charge is 0.257 e. The first kappa shape index (κ1) is 24.4. The summed E-state index contributed by atoms with van der Waals surface area (Å²) in [6.07, 6.45) is 1.14. The van der Waals surface area contributed by atoms with E-state index in [0.717, 1.165) is 0 Å². The van der Waals surface area contributed by atoms with E-state index in [2.05, 4.69) is 10.6 Å². The van der Waals surface area contributed by atoms with Crippen molar-refractivity contribution in [2.24, 2.45) is 5.92 Å². The van der Waals surface area contributed by atoms with Gasteiger partial charge in [0.25, 0.3) is 11.8 Å². The lowest BCUT2D eigenvalue weighted by atomic mass is 9.95. The summed E-state index contributed by atoms with van der Waals surface area (Å²) >= 11 is 6.04. The highest BCUT2D eigenvalue weighted by atomic mass is 35.5. The van der Waals surface area contributed by atoms with Crippen molar-refractivity contribution in [1.82, 2.24) is 15.5 Å². The lowest BCUT2D eigenvalue weighted by Crippen LogP contribution is -2.44. The number of benzene rings is 2. The fourth-order valence-electron chi connectivity index (χ4n) is 3.71. The number of ether oxygens (including phenoxy) is 2. The van der Waals surface area contributed by atoms with E-state index in [1.807, 2.05) is 0 Å². The summed E-state index contributed by atoms with van der Waals surface area (Å²) in [5.41, 5.74) is 0.941. The van der Waals surface area contributed by atoms with Gasteiger partial charge in [-0.2, -0.15) is 0 Å². The van der Waals surface area contributed by atoms with Gasteiger partial charge >= 0.3 is 0 Å². The standard InChI is InChI=1S/C24H28ClN3O5/c1-32-19-6-3-16(4-7-19)22(29)26-11-12-27-23(30)17-9-13-28(14-10-17)24(31)20-15-18(25)5-8-21(20)33-2/h3-8,15,17H,9-14H2,1-2H3,(H,26,29)(H,27,30). The summed E-state index contributed by atoms with van der Waals surface area (Å²) in [7, 11) is 3.08. The molecular weight excluding hydrogens is 446 g/mol. The number of nitrogens with zero attached hydrogens (tertiary/aromatic N) is 1. The Balaban J connectivity index is 1.41. The van der Waals surface area contributed by atoms with E-state index >= 15 is 0 Å². The van der Waals surface area contributed by atoms with Crippen molar-refractivity contribution < 1.29 is 23.9 Å². The molecule has 3 amide bonds. The van der Waals surface area contributed by atoms with Crippen LogP contribution in [0.1, 0.15) is 33.6 Å². The quantitative estimate of drug-likeness (QED) is 0.575. The zero-order valence-corrected chi connectivity index (χ0v) is 19.5. The summed E-state index contributed by atoms with van der Waals surface area (Å²) in [5, 5.41) is 6.11. The van der Waals surface area contributed by atoms with E-state index < -0.39 is 0 Å². The normalized spacial score (nSPS) is 13.8. The van der Waals surface area contributed by atoms with Crippen molar-refractivity contribution in [1.29, 1.82) is 0 Å². The molecule has 0 unspecified atom stereocenters. The van der Waals surface area contributed by atoms with E-state index in [4.69, 9.17) is 21.1 Å². The number of carbonyl (C=O) groups is 3. The zero-order chi connectivity index (χ0) is 23.8. The predicted molar refractivity (Wildman–Crippen MR) is 125 cm³/mol. The lowest BCUT2D eigenvalue weighted by Gasteiger charge is -2.31. The molecule has 1 aliphatic heterocycles. The van der Waals surface area contributed by atoms with Crippen LogP contribution >= 0.6 is 11.6 Å². The minimum Gasteiger partial charge on any atom is -0.497 e. The Morgan fingerprint density at radius 2 is 1.64 bits per heavy atom. The molecule has 0 atom stereocenters. The predicted octanol–water partition coefficient (Wildman–Crippen LogP) is 2.76. The fourth-order valence-corrected chi connectivity index (χ4v) is 3.89. The Bertz CT molecular complexity index is 988. The Morgan fingerprint density at radius 1 is 0.970 bits per heavy atom. The van der Waals surface area contributed by atoms with Gasteiger partial charge in [-0.15, -0.1) is 0 Å². The molecule has 2 aromatic carbocycles. The number of hydrogen-bond donors (Lipinski definition) is 2. The molecule has 0 bridgehead atoms. The first-order chi connectivity index (χ1) is 15.9. The van der Waals surface area contributed by atoms with Crippen LogP contribution in [0.4, 0.5) is 0 Å². The Morgan fingerprint density at radius 3 is 2.27 bits per heavy atom. The number of nitrogens with one attached hydrogen (secondary N) is 2. The van der Waals surface area contributed by atoms with Crippen LogP contribution in [0.25, 0.3) is 0 Å². The zero-order valence-electron chi connectivity index (χ0n) is 18.7.